The predicted molar refractivity (Wildman–Crippen MR) is 609 cm³/mol. The van der Waals surface area contributed by atoms with Crippen LogP contribution in [0.1, 0.15) is 0 Å². The Kier molecular flexibility index (Phi) is 79.8. The van der Waals surface area contributed by atoms with E-state index in [1.165, 1.54) is 0 Å². The molecule has 0 aliphatic carbocycles. The molecule has 0 nitrogen and oxygen atoms in total. The van der Waals surface area contributed by atoms with Gasteiger partial charge in [0.05, 0.1) is 0 Å². The summed E-state index contributed by atoms with van der Waals surface area (Å²) >= 11 is 71.6. The molecule has 0 aliphatic heterocycles. The zero-order valence-corrected chi connectivity index (χ0v) is 112. The van der Waals surface area contributed by atoms with Gasteiger partial charge < -0.3 is 0 Å². The first kappa shape index (κ1) is 77.2. The van der Waals surface area contributed by atoms with Crippen LogP contribution in [-0.4, -0.2) is 5.70 Å². The second kappa shape index (κ2) is 46.5. The predicted octanol–water partition coefficient (Wildman–Crippen LogP) is 34.7. The van der Waals surface area contributed by atoms with Crippen molar-refractivity contribution in [1.82, 2.24) is 0 Å². The molecule has 0 aromatic carbocycles. The summed E-state index contributed by atoms with van der Waals surface area (Å²) in [5.41, 5.74) is 6.36. The third-order valence-corrected chi connectivity index (χ3v) is 3320. The normalized spacial score (nSPS) is 18.7. The average Bonchev–Trinajstić information content (AvgIpc) is 3.04. The van der Waals surface area contributed by atoms with Gasteiger partial charge >= 0.3 is 598 Å². The molecule has 0 amide bonds. The van der Waals surface area contributed by atoms with Crippen molar-refractivity contribution in [1.29, 1.82) is 0 Å². The molecule has 0 aromatic heterocycles. The Balaban J connectivity index is 5.49. The Morgan fingerprint density at radius 2 is 0.356 bits per heavy atom. The van der Waals surface area contributed by atoms with Crippen molar-refractivity contribution >= 4 is 581 Å². The first-order valence-electron chi connectivity index (χ1n) is 6.36. The monoisotopic (exact) mass is 5590 g/mol. The maximum absolute atomic E-state index is 6.36. The SMILES string of the molecule is [B][I-]I(I)I(I)I(I)I(I)I(I)I(I)I(I)I(I)I(I)I(I)I(I)I(I)I(I)I(I)I(I)I(I)I(I)I(I)I(I)I(I)I(I)I. The molecule has 0 saturated heterocycles. The van der Waals surface area contributed by atoms with Crippen LogP contribution in [0.5, 0.6) is 0 Å². The summed E-state index contributed by atoms with van der Waals surface area (Å²) in [6.07, 6.45) is 0. The fourth-order valence-electron chi connectivity index (χ4n) is 0.610. The van der Waals surface area contributed by atoms with Gasteiger partial charge in [-0.1, -0.05) is 0 Å². The van der Waals surface area contributed by atoms with E-state index < -0.39 is 166 Å². The van der Waals surface area contributed by atoms with Crippen LogP contribution in [-0.2, 0) is 0 Å². The molecule has 45 heteroatoms. The molecule has 0 atom stereocenters. The standard InChI is InChI=1S/BI44/c1-24-26(4)28(6)30(8)32(10)34(12)36(14)38(16)40(18)42(20)44(22)45(23)43(21)41(19)39(17)37(15)35(13)33(11)31(9)29(7)27(5)25(2)3/q-1. The molecule has 0 aliphatic rings. The van der Waals surface area contributed by atoms with Gasteiger partial charge in [-0.15, -0.1) is 0 Å². The molecule has 0 N–H and O–H groups in total. The molecule has 0 fully saturated rings. The zero-order valence-electron chi connectivity index (χ0n) is 17.2. The Morgan fingerprint density at radius 1 is 0.222 bits per heavy atom. The Bertz CT molecular complexity index is 773. The molecule has 0 heterocycles. The van der Waals surface area contributed by atoms with Crippen molar-refractivity contribution in [2.24, 2.45) is 0 Å². The molecule has 0 unspecified atom stereocenters. The van der Waals surface area contributed by atoms with E-state index >= 15 is 0 Å². The minimum atomic E-state index is -0.599. The number of rotatable bonds is 21. The summed E-state index contributed by atoms with van der Waals surface area (Å²) in [5, 5.41) is 0. The van der Waals surface area contributed by atoms with Crippen molar-refractivity contribution in [3.63, 3.8) is 0 Å². The fraction of sp³-hybridized carbons (Fsp3) is 0. The molecule has 0 rings (SSSR count). The van der Waals surface area contributed by atoms with E-state index in [-0.39, 0.29) is 17.0 Å². The van der Waals surface area contributed by atoms with Crippen LogP contribution in [0.4, 0.5) is 0 Å². The molecular weight excluding hydrogens is 5590 g/mol. The fourth-order valence-corrected chi connectivity index (χ4v) is 8010. The molecule has 0 aromatic rings. The first-order valence-corrected chi connectivity index (χ1v) is 278. The van der Waals surface area contributed by atoms with Crippen molar-refractivity contribution in [3.05, 3.63) is 0 Å². The van der Waals surface area contributed by atoms with E-state index in [1.807, 2.05) is 0 Å². The minimum absolute atomic E-state index is 0.162. The first-order chi connectivity index (χ1) is 20.5. The van der Waals surface area contributed by atoms with Crippen LogP contribution >= 0.6 is 575 Å². The maximum atomic E-state index is 6.36. The summed E-state index contributed by atoms with van der Waals surface area (Å²) < 4.78 is 0. The van der Waals surface area contributed by atoms with E-state index in [9.17, 15) is 0 Å². The van der Waals surface area contributed by atoms with Gasteiger partial charge in [-0.3, -0.25) is 0 Å². The van der Waals surface area contributed by atoms with Gasteiger partial charge in [0.1, 0.15) is 0 Å². The van der Waals surface area contributed by atoms with Gasteiger partial charge in [-0.05, 0) is 0 Å². The number of hydrogen-bond donors (Lipinski definition) is 0. The summed E-state index contributed by atoms with van der Waals surface area (Å²) in [5.74, 6) is 0. The van der Waals surface area contributed by atoms with Crippen molar-refractivity contribution in [2.45, 2.75) is 0 Å². The van der Waals surface area contributed by atoms with Crippen LogP contribution < -0.4 is 17.0 Å². The van der Waals surface area contributed by atoms with Gasteiger partial charge in [0.2, 0.25) is 0 Å². The second-order valence-corrected chi connectivity index (χ2v) is 1030. The summed E-state index contributed by atoms with van der Waals surface area (Å²) in [6, 6.07) is 0. The topological polar surface area (TPSA) is 0 Å². The quantitative estimate of drug-likeness (QED) is 0.0794. The molecular formula is BI44-. The molecule has 0 spiro atoms. The van der Waals surface area contributed by atoms with Crippen LogP contribution in [0, 0.1) is 0 Å². The van der Waals surface area contributed by atoms with Gasteiger partial charge in [0.25, 0.3) is 0 Å². The Hall–Kier alpha value is 32.2. The van der Waals surface area contributed by atoms with Gasteiger partial charge in [-0.2, -0.15) is 0 Å². The van der Waals surface area contributed by atoms with Gasteiger partial charge in [0, 0.05) is 0 Å². The number of halogens is 44. The summed E-state index contributed by atoms with van der Waals surface area (Å²) in [6.45, 7) is 0. The summed E-state index contributed by atoms with van der Waals surface area (Å²) in [7, 11) is -11.4. The van der Waals surface area contributed by atoms with Gasteiger partial charge in [-0.25, -0.2) is 0 Å². The number of hydrogen-bond acceptors (Lipinski definition) is 0. The summed E-state index contributed by atoms with van der Waals surface area (Å²) in [4.78, 5) is 0. The third-order valence-electron chi connectivity index (χ3n) is 1.70. The molecule has 312 valence electrons. The van der Waals surface area contributed by atoms with E-state index in [4.69, 9.17) is 5.70 Å². The molecule has 0 bridgehead atoms. The van der Waals surface area contributed by atoms with Gasteiger partial charge in [0.15, 0.2) is 0 Å². The van der Waals surface area contributed by atoms with Crippen molar-refractivity contribution in [3.8, 4) is 0 Å². The molecule has 0 saturated carbocycles. The van der Waals surface area contributed by atoms with Crippen molar-refractivity contribution in [2.75, 3.05) is 0 Å². The Labute approximate surface area is 563 Å². The van der Waals surface area contributed by atoms with E-state index in [0.29, 0.717) is 0 Å². The van der Waals surface area contributed by atoms with Crippen LogP contribution in [0.3, 0.4) is 0 Å². The van der Waals surface area contributed by atoms with Crippen LogP contribution in [0.25, 0.3) is 0 Å². The molecule has 2 radical (unpaired) electrons. The average molecular weight is 5590 g/mol. The van der Waals surface area contributed by atoms with E-state index in [2.05, 4.69) is 410 Å². The van der Waals surface area contributed by atoms with E-state index in [1.54, 1.807) is 0 Å². The molecule has 45 heavy (non-hydrogen) atoms. The zero-order chi connectivity index (χ0) is 35.8. The Morgan fingerprint density at radius 3 is 0.489 bits per heavy atom. The van der Waals surface area contributed by atoms with Crippen LogP contribution in [0.15, 0.2) is 0 Å². The second-order valence-electron chi connectivity index (χ2n) is 3.48. The van der Waals surface area contributed by atoms with E-state index in [0.717, 1.165) is 0 Å². The third kappa shape index (κ3) is 32.2. The van der Waals surface area contributed by atoms with Crippen LogP contribution in [0.2, 0.25) is 0 Å². The van der Waals surface area contributed by atoms with Crippen molar-refractivity contribution < 1.29 is 17.0 Å².